The zero-order valence-corrected chi connectivity index (χ0v) is 11.6. The Morgan fingerprint density at radius 3 is 2.59 bits per heavy atom. The molecule has 17 heavy (non-hydrogen) atoms. The van der Waals surface area contributed by atoms with E-state index in [1.807, 2.05) is 0 Å². The van der Waals surface area contributed by atoms with Crippen LogP contribution in [0.3, 0.4) is 0 Å². The first-order valence-corrected chi connectivity index (χ1v) is 6.71. The molecule has 1 heterocycles. The summed E-state index contributed by atoms with van der Waals surface area (Å²) in [5.74, 6) is -0.208. The number of hydrogen-bond acceptors (Lipinski definition) is 2. The van der Waals surface area contributed by atoms with Crippen molar-refractivity contribution in [1.82, 2.24) is 0 Å². The van der Waals surface area contributed by atoms with E-state index in [1.165, 1.54) is 6.07 Å². The molecule has 1 fully saturated rings. The molecule has 0 radical (unpaired) electrons. The van der Waals surface area contributed by atoms with Crippen molar-refractivity contribution in [3.8, 4) is 0 Å². The van der Waals surface area contributed by atoms with Crippen LogP contribution < -0.4 is 5.32 Å². The fraction of sp³-hybridized carbons (Fsp3) is 0.538. The molecule has 1 N–H and O–H groups in total. The van der Waals surface area contributed by atoms with E-state index >= 15 is 0 Å². The fourth-order valence-electron chi connectivity index (χ4n) is 2.35. The van der Waals surface area contributed by atoms with Crippen molar-refractivity contribution in [1.29, 1.82) is 0 Å². The second-order valence-corrected chi connectivity index (χ2v) is 5.61. The van der Waals surface area contributed by atoms with Gasteiger partial charge in [-0.3, -0.25) is 0 Å². The average molecular weight is 302 g/mol. The molecule has 2 unspecified atom stereocenters. The van der Waals surface area contributed by atoms with E-state index in [9.17, 15) is 4.39 Å². The summed E-state index contributed by atoms with van der Waals surface area (Å²) in [5.41, 5.74) is 0.561. The van der Waals surface area contributed by atoms with Crippen molar-refractivity contribution in [2.45, 2.75) is 44.9 Å². The first kappa shape index (κ1) is 12.8. The monoisotopic (exact) mass is 301 g/mol. The number of nitrogens with one attached hydrogen (secondary N) is 1. The number of rotatable bonds is 2. The minimum atomic E-state index is -0.208. The summed E-state index contributed by atoms with van der Waals surface area (Å²) in [5, 5.41) is 3.27. The SMILES string of the molecule is CC1CC(Nc2cc(Br)ccc2F)CC(C)O1. The van der Waals surface area contributed by atoms with Gasteiger partial charge >= 0.3 is 0 Å². The van der Waals surface area contributed by atoms with Gasteiger partial charge < -0.3 is 10.1 Å². The van der Waals surface area contributed by atoms with Gasteiger partial charge in [0.25, 0.3) is 0 Å². The lowest BCUT2D eigenvalue weighted by molar-refractivity contribution is -0.0338. The molecule has 4 heteroatoms. The number of hydrogen-bond donors (Lipinski definition) is 1. The standard InChI is InChI=1S/C13H17BrFNO/c1-8-5-11(6-9(2)17-8)16-13-7-10(14)3-4-12(13)15/h3-4,7-9,11,16H,5-6H2,1-2H3. The molecular formula is C13H17BrFNO. The molecule has 0 aliphatic carbocycles. The molecule has 2 nitrogen and oxygen atoms in total. The van der Waals surface area contributed by atoms with Gasteiger partial charge in [0.15, 0.2) is 0 Å². The van der Waals surface area contributed by atoms with Crippen LogP contribution in [-0.4, -0.2) is 18.2 Å². The molecule has 0 amide bonds. The lowest BCUT2D eigenvalue weighted by atomic mass is 9.99. The third-order valence-corrected chi connectivity index (χ3v) is 3.48. The zero-order valence-electron chi connectivity index (χ0n) is 10.0. The van der Waals surface area contributed by atoms with Gasteiger partial charge in [0.2, 0.25) is 0 Å². The fourth-order valence-corrected chi connectivity index (χ4v) is 2.71. The van der Waals surface area contributed by atoms with Gasteiger partial charge in [-0.15, -0.1) is 0 Å². The number of benzene rings is 1. The van der Waals surface area contributed by atoms with Crippen molar-refractivity contribution < 1.29 is 9.13 Å². The lowest BCUT2D eigenvalue weighted by Gasteiger charge is -2.33. The summed E-state index contributed by atoms with van der Waals surface area (Å²) in [7, 11) is 0. The second-order valence-electron chi connectivity index (χ2n) is 4.69. The highest BCUT2D eigenvalue weighted by Crippen LogP contribution is 2.26. The average Bonchev–Trinajstić information content (AvgIpc) is 2.22. The van der Waals surface area contributed by atoms with Crippen LogP contribution >= 0.6 is 15.9 Å². The third-order valence-electron chi connectivity index (χ3n) is 2.99. The van der Waals surface area contributed by atoms with Gasteiger partial charge in [-0.05, 0) is 44.9 Å². The Bertz CT molecular complexity index is 389. The predicted octanol–water partition coefficient (Wildman–Crippen LogP) is 3.96. The maximum Gasteiger partial charge on any atom is 0.146 e. The quantitative estimate of drug-likeness (QED) is 0.893. The molecule has 0 saturated carbocycles. The van der Waals surface area contributed by atoms with Crippen LogP contribution in [0.25, 0.3) is 0 Å². The van der Waals surface area contributed by atoms with Crippen molar-refractivity contribution >= 4 is 21.6 Å². The Kier molecular flexibility index (Phi) is 4.05. The molecule has 1 aliphatic heterocycles. The molecule has 1 saturated heterocycles. The Labute approximate surface area is 110 Å². The van der Waals surface area contributed by atoms with E-state index in [2.05, 4.69) is 35.1 Å². The van der Waals surface area contributed by atoms with E-state index in [-0.39, 0.29) is 24.1 Å². The van der Waals surface area contributed by atoms with Crippen LogP contribution in [0, 0.1) is 5.82 Å². The Morgan fingerprint density at radius 1 is 1.29 bits per heavy atom. The van der Waals surface area contributed by atoms with Crippen LogP contribution in [0.2, 0.25) is 0 Å². The first-order chi connectivity index (χ1) is 8.04. The molecule has 94 valence electrons. The van der Waals surface area contributed by atoms with Gasteiger partial charge in [0.1, 0.15) is 5.82 Å². The number of ether oxygens (including phenoxy) is 1. The number of anilines is 1. The molecule has 1 aromatic carbocycles. The Balaban J connectivity index is 2.07. The highest BCUT2D eigenvalue weighted by Gasteiger charge is 2.24. The van der Waals surface area contributed by atoms with Gasteiger partial charge in [0.05, 0.1) is 17.9 Å². The van der Waals surface area contributed by atoms with E-state index in [4.69, 9.17) is 4.74 Å². The maximum atomic E-state index is 13.6. The van der Waals surface area contributed by atoms with E-state index in [0.717, 1.165) is 17.3 Å². The van der Waals surface area contributed by atoms with Gasteiger partial charge in [-0.2, -0.15) is 0 Å². The Hall–Kier alpha value is -0.610. The summed E-state index contributed by atoms with van der Waals surface area (Å²) in [6, 6.07) is 5.23. The van der Waals surface area contributed by atoms with Crippen molar-refractivity contribution in [2.24, 2.45) is 0 Å². The van der Waals surface area contributed by atoms with Gasteiger partial charge in [-0.1, -0.05) is 15.9 Å². The highest BCUT2D eigenvalue weighted by molar-refractivity contribution is 9.10. The topological polar surface area (TPSA) is 21.3 Å². The summed E-state index contributed by atoms with van der Waals surface area (Å²) in [6.45, 7) is 4.11. The van der Waals surface area contributed by atoms with Crippen molar-refractivity contribution in [3.05, 3.63) is 28.5 Å². The minimum absolute atomic E-state index is 0.208. The molecule has 2 atom stereocenters. The molecule has 0 spiro atoms. The van der Waals surface area contributed by atoms with Gasteiger partial charge in [-0.25, -0.2) is 4.39 Å². The molecule has 0 aromatic heterocycles. The van der Waals surface area contributed by atoms with Crippen LogP contribution in [-0.2, 0) is 4.74 Å². The molecule has 0 bridgehead atoms. The summed E-state index contributed by atoms with van der Waals surface area (Å²) in [4.78, 5) is 0. The summed E-state index contributed by atoms with van der Waals surface area (Å²) < 4.78 is 20.2. The van der Waals surface area contributed by atoms with Crippen LogP contribution in [0.1, 0.15) is 26.7 Å². The largest absolute Gasteiger partial charge is 0.380 e. The smallest absolute Gasteiger partial charge is 0.146 e. The van der Waals surface area contributed by atoms with Crippen molar-refractivity contribution in [3.63, 3.8) is 0 Å². The number of halogens is 2. The summed E-state index contributed by atoms with van der Waals surface area (Å²) >= 11 is 3.35. The van der Waals surface area contributed by atoms with E-state index < -0.39 is 0 Å². The predicted molar refractivity (Wildman–Crippen MR) is 70.8 cm³/mol. The highest BCUT2D eigenvalue weighted by atomic mass is 79.9. The normalized spacial score (nSPS) is 29.1. The Morgan fingerprint density at radius 2 is 1.94 bits per heavy atom. The first-order valence-electron chi connectivity index (χ1n) is 5.91. The molecule has 1 aromatic rings. The minimum Gasteiger partial charge on any atom is -0.380 e. The second kappa shape index (κ2) is 5.36. The van der Waals surface area contributed by atoms with Gasteiger partial charge in [0, 0.05) is 10.5 Å². The van der Waals surface area contributed by atoms with E-state index in [1.54, 1.807) is 12.1 Å². The van der Waals surface area contributed by atoms with Crippen LogP contribution in [0.5, 0.6) is 0 Å². The third kappa shape index (κ3) is 3.42. The van der Waals surface area contributed by atoms with E-state index in [0.29, 0.717) is 5.69 Å². The van der Waals surface area contributed by atoms with Crippen LogP contribution in [0.15, 0.2) is 22.7 Å². The lowest BCUT2D eigenvalue weighted by Crippen LogP contribution is -2.37. The maximum absolute atomic E-state index is 13.6. The zero-order chi connectivity index (χ0) is 12.4. The molecule has 2 rings (SSSR count). The van der Waals surface area contributed by atoms with Crippen LogP contribution in [0.4, 0.5) is 10.1 Å². The molecular weight excluding hydrogens is 285 g/mol. The molecule has 1 aliphatic rings. The van der Waals surface area contributed by atoms with Crippen molar-refractivity contribution in [2.75, 3.05) is 5.32 Å². The summed E-state index contributed by atoms with van der Waals surface area (Å²) in [6.07, 6.45) is 2.28.